The first-order chi connectivity index (χ1) is 10.2. The molecule has 1 aromatic heterocycles. The van der Waals surface area contributed by atoms with Gasteiger partial charge < -0.3 is 4.98 Å². The summed E-state index contributed by atoms with van der Waals surface area (Å²) in [6.45, 7) is 0.635. The first kappa shape index (κ1) is 16.5. The number of aromatic amines is 1. The van der Waals surface area contributed by atoms with Gasteiger partial charge in [-0.15, -0.1) is 0 Å². The molecule has 0 bridgehead atoms. The second-order valence-corrected chi connectivity index (χ2v) is 7.97. The molecule has 1 fully saturated rings. The van der Waals surface area contributed by atoms with E-state index < -0.39 is 10.0 Å². The number of aryl methyl sites for hydroxylation is 1. The Bertz CT molecular complexity index is 479. The number of rotatable bonds is 9. The third-order valence-electron chi connectivity index (χ3n) is 4.22. The molecule has 1 saturated carbocycles. The van der Waals surface area contributed by atoms with Gasteiger partial charge in [-0.3, -0.25) is 0 Å². The average Bonchev–Trinajstić information content (AvgIpc) is 2.99. The quantitative estimate of drug-likeness (QED) is 0.688. The van der Waals surface area contributed by atoms with E-state index in [1.165, 1.54) is 32.1 Å². The number of hydrogen-bond donors (Lipinski definition) is 2. The van der Waals surface area contributed by atoms with Crippen LogP contribution in [0.4, 0.5) is 0 Å². The Kier molecular flexibility index (Phi) is 6.70. The summed E-state index contributed by atoms with van der Waals surface area (Å²) >= 11 is 0. The number of nitrogens with one attached hydrogen (secondary N) is 2. The van der Waals surface area contributed by atoms with Crippen LogP contribution in [0, 0.1) is 5.92 Å². The molecule has 2 rings (SSSR count). The molecule has 0 spiro atoms. The van der Waals surface area contributed by atoms with Gasteiger partial charge in [0.2, 0.25) is 10.0 Å². The molecular weight excluding hydrogens is 286 g/mol. The number of imidazole rings is 1. The van der Waals surface area contributed by atoms with E-state index in [4.69, 9.17) is 0 Å². The van der Waals surface area contributed by atoms with E-state index in [1.54, 1.807) is 6.33 Å². The van der Waals surface area contributed by atoms with Crippen molar-refractivity contribution in [3.05, 3.63) is 18.2 Å². The van der Waals surface area contributed by atoms with Gasteiger partial charge in [-0.05, 0) is 38.0 Å². The highest BCUT2D eigenvalue weighted by Crippen LogP contribution is 2.22. The molecule has 2 N–H and O–H groups in total. The standard InChI is InChI=1S/C15H27N3O2S/c19-21(20,18-11-14-7-3-1-4-8-14)10-6-2-5-9-15-12-16-13-17-15/h12-14,18H,1-11H2,(H,16,17). The zero-order valence-corrected chi connectivity index (χ0v) is 13.5. The van der Waals surface area contributed by atoms with Crippen LogP contribution in [-0.4, -0.2) is 30.7 Å². The van der Waals surface area contributed by atoms with Crippen molar-refractivity contribution in [3.8, 4) is 0 Å². The van der Waals surface area contributed by atoms with Crippen LogP contribution in [-0.2, 0) is 16.4 Å². The van der Waals surface area contributed by atoms with Gasteiger partial charge in [0, 0.05) is 12.7 Å². The number of nitrogens with zero attached hydrogens (tertiary/aromatic N) is 1. The van der Waals surface area contributed by atoms with Crippen molar-refractivity contribution >= 4 is 10.0 Å². The van der Waals surface area contributed by atoms with Gasteiger partial charge >= 0.3 is 0 Å². The summed E-state index contributed by atoms with van der Waals surface area (Å²) < 4.78 is 26.7. The fourth-order valence-electron chi connectivity index (χ4n) is 2.91. The summed E-state index contributed by atoms with van der Waals surface area (Å²) in [6.07, 6.45) is 13.3. The molecule has 0 radical (unpaired) electrons. The van der Waals surface area contributed by atoms with Gasteiger partial charge in [0.1, 0.15) is 0 Å². The zero-order chi connectivity index (χ0) is 15.0. The molecule has 1 aliphatic rings. The molecule has 6 heteroatoms. The van der Waals surface area contributed by atoms with Crippen molar-refractivity contribution in [2.45, 2.75) is 57.8 Å². The zero-order valence-electron chi connectivity index (χ0n) is 12.7. The minimum Gasteiger partial charge on any atom is -0.351 e. The molecule has 5 nitrogen and oxygen atoms in total. The van der Waals surface area contributed by atoms with Crippen molar-refractivity contribution in [1.29, 1.82) is 0 Å². The number of sulfonamides is 1. The molecule has 0 atom stereocenters. The lowest BCUT2D eigenvalue weighted by Crippen LogP contribution is -2.32. The maximum Gasteiger partial charge on any atom is 0.211 e. The largest absolute Gasteiger partial charge is 0.351 e. The molecule has 0 amide bonds. The molecule has 0 unspecified atom stereocenters. The summed E-state index contributed by atoms with van der Waals surface area (Å²) in [5, 5.41) is 0. The fourth-order valence-corrected chi connectivity index (χ4v) is 4.13. The monoisotopic (exact) mass is 313 g/mol. The van der Waals surface area contributed by atoms with Crippen molar-refractivity contribution in [3.63, 3.8) is 0 Å². The van der Waals surface area contributed by atoms with Gasteiger partial charge in [0.05, 0.1) is 17.8 Å². The average molecular weight is 313 g/mol. The summed E-state index contributed by atoms with van der Waals surface area (Å²) in [6, 6.07) is 0. The van der Waals surface area contributed by atoms with Gasteiger partial charge in [-0.25, -0.2) is 18.1 Å². The lowest BCUT2D eigenvalue weighted by Gasteiger charge is -2.21. The van der Waals surface area contributed by atoms with Crippen molar-refractivity contribution in [2.75, 3.05) is 12.3 Å². The second kappa shape index (κ2) is 8.54. The Morgan fingerprint density at radius 1 is 1.19 bits per heavy atom. The van der Waals surface area contributed by atoms with Gasteiger partial charge in [-0.2, -0.15) is 0 Å². The Morgan fingerprint density at radius 2 is 2.00 bits per heavy atom. The van der Waals surface area contributed by atoms with Crippen LogP contribution in [0.3, 0.4) is 0 Å². The third-order valence-corrected chi connectivity index (χ3v) is 5.65. The molecule has 0 aliphatic heterocycles. The summed E-state index contributed by atoms with van der Waals surface area (Å²) in [7, 11) is -3.09. The molecular formula is C15H27N3O2S. The van der Waals surface area contributed by atoms with Crippen LogP contribution in [0.5, 0.6) is 0 Å². The maximum absolute atomic E-state index is 11.9. The minimum absolute atomic E-state index is 0.250. The highest BCUT2D eigenvalue weighted by molar-refractivity contribution is 7.89. The normalized spacial score (nSPS) is 17.1. The van der Waals surface area contributed by atoms with Crippen molar-refractivity contribution in [1.82, 2.24) is 14.7 Å². The van der Waals surface area contributed by atoms with Crippen LogP contribution in [0.1, 0.15) is 57.1 Å². The van der Waals surface area contributed by atoms with Crippen LogP contribution in [0.25, 0.3) is 0 Å². The van der Waals surface area contributed by atoms with Crippen LogP contribution >= 0.6 is 0 Å². The van der Waals surface area contributed by atoms with E-state index in [9.17, 15) is 8.42 Å². The highest BCUT2D eigenvalue weighted by Gasteiger charge is 2.16. The molecule has 1 aliphatic carbocycles. The predicted molar refractivity (Wildman–Crippen MR) is 84.5 cm³/mol. The second-order valence-electron chi connectivity index (χ2n) is 6.04. The van der Waals surface area contributed by atoms with Crippen LogP contribution in [0.15, 0.2) is 12.5 Å². The third kappa shape index (κ3) is 6.61. The molecule has 120 valence electrons. The van der Waals surface area contributed by atoms with Crippen LogP contribution in [0.2, 0.25) is 0 Å². The summed E-state index contributed by atoms with van der Waals surface area (Å²) in [5.41, 5.74) is 1.05. The SMILES string of the molecule is O=S(=O)(CCCCCc1c[nH]cn1)NCC1CCCCC1. The molecule has 0 aromatic carbocycles. The fraction of sp³-hybridized carbons (Fsp3) is 0.800. The number of aromatic nitrogens is 2. The summed E-state index contributed by atoms with van der Waals surface area (Å²) in [4.78, 5) is 7.08. The Labute approximate surface area is 128 Å². The number of hydrogen-bond acceptors (Lipinski definition) is 3. The van der Waals surface area contributed by atoms with Gasteiger partial charge in [0.15, 0.2) is 0 Å². The number of H-pyrrole nitrogens is 1. The lowest BCUT2D eigenvalue weighted by atomic mass is 9.90. The lowest BCUT2D eigenvalue weighted by molar-refractivity contribution is 0.357. The number of unbranched alkanes of at least 4 members (excludes halogenated alkanes) is 2. The van der Waals surface area contributed by atoms with E-state index in [1.807, 2.05) is 6.20 Å². The molecule has 1 heterocycles. The predicted octanol–water partition coefficient (Wildman–Crippen LogP) is 2.62. The molecule has 0 saturated heterocycles. The molecule has 21 heavy (non-hydrogen) atoms. The van der Waals surface area contributed by atoms with E-state index in [2.05, 4.69) is 14.7 Å². The summed E-state index contributed by atoms with van der Waals surface area (Å²) in [5.74, 6) is 0.800. The van der Waals surface area contributed by atoms with Crippen molar-refractivity contribution in [2.24, 2.45) is 5.92 Å². The van der Waals surface area contributed by atoms with Gasteiger partial charge in [0.25, 0.3) is 0 Å². The molecule has 1 aromatic rings. The first-order valence-corrected chi connectivity index (χ1v) is 9.76. The topological polar surface area (TPSA) is 74.8 Å². The van der Waals surface area contributed by atoms with Crippen molar-refractivity contribution < 1.29 is 8.42 Å². The Hall–Kier alpha value is -0.880. The van der Waals surface area contributed by atoms with Gasteiger partial charge in [-0.1, -0.05) is 25.7 Å². The Balaban J connectivity index is 1.55. The first-order valence-electron chi connectivity index (χ1n) is 8.11. The maximum atomic E-state index is 11.9. The van der Waals surface area contributed by atoms with Crippen LogP contribution < -0.4 is 4.72 Å². The van der Waals surface area contributed by atoms with E-state index in [-0.39, 0.29) is 5.75 Å². The minimum atomic E-state index is -3.09. The van der Waals surface area contributed by atoms with E-state index in [0.29, 0.717) is 12.5 Å². The van der Waals surface area contributed by atoms with E-state index in [0.717, 1.165) is 31.4 Å². The van der Waals surface area contributed by atoms with E-state index >= 15 is 0 Å². The smallest absolute Gasteiger partial charge is 0.211 e. The Morgan fingerprint density at radius 3 is 2.71 bits per heavy atom. The highest BCUT2D eigenvalue weighted by atomic mass is 32.2.